The van der Waals surface area contributed by atoms with E-state index < -0.39 is 0 Å². The van der Waals surface area contributed by atoms with Crippen LogP contribution in [0, 0.1) is 6.92 Å². The number of nitrogens with zero attached hydrogens (tertiary/aromatic N) is 2. The maximum Gasteiger partial charge on any atom is 0.173 e. The maximum absolute atomic E-state index is 6.26. The van der Waals surface area contributed by atoms with Gasteiger partial charge in [-0.05, 0) is 73.6 Å². The summed E-state index contributed by atoms with van der Waals surface area (Å²) in [4.78, 5) is 10.1. The number of H-pyrrole nitrogens is 1. The lowest BCUT2D eigenvalue weighted by Crippen LogP contribution is -2.36. The van der Waals surface area contributed by atoms with Gasteiger partial charge in [-0.25, -0.2) is 0 Å². The van der Waals surface area contributed by atoms with Gasteiger partial charge in [0, 0.05) is 34.4 Å². The second-order valence-electron chi connectivity index (χ2n) is 7.54. The smallest absolute Gasteiger partial charge is 0.173 e. The predicted octanol–water partition coefficient (Wildman–Crippen LogP) is 5.98. The van der Waals surface area contributed by atoms with Gasteiger partial charge in [0.05, 0.1) is 25.0 Å². The third-order valence-corrected chi connectivity index (χ3v) is 6.02. The number of anilines is 1. The van der Waals surface area contributed by atoms with E-state index in [1.165, 1.54) is 5.56 Å². The van der Waals surface area contributed by atoms with Crippen LogP contribution in [0.3, 0.4) is 0 Å². The van der Waals surface area contributed by atoms with Crippen LogP contribution < -0.4 is 10.1 Å². The molecule has 164 valence electrons. The highest BCUT2D eigenvalue weighted by Crippen LogP contribution is 2.27. The van der Waals surface area contributed by atoms with Gasteiger partial charge in [0.2, 0.25) is 0 Å². The summed E-state index contributed by atoms with van der Waals surface area (Å²) in [5.41, 5.74) is 5.27. The van der Waals surface area contributed by atoms with Crippen LogP contribution in [-0.4, -0.2) is 33.6 Å². The number of aromatic nitrogens is 2. The van der Waals surface area contributed by atoms with E-state index >= 15 is 0 Å². The first kappa shape index (κ1) is 22.1. The molecule has 0 aliphatic heterocycles. The molecule has 0 unspecified atom stereocenters. The molecule has 4 rings (SSSR count). The van der Waals surface area contributed by atoms with Crippen LogP contribution in [0.5, 0.6) is 5.75 Å². The van der Waals surface area contributed by atoms with Crippen LogP contribution in [0.1, 0.15) is 17.0 Å². The van der Waals surface area contributed by atoms with Crippen molar-refractivity contribution < 1.29 is 4.74 Å². The van der Waals surface area contributed by atoms with Gasteiger partial charge in [-0.15, -0.1) is 0 Å². The van der Waals surface area contributed by atoms with Crippen molar-refractivity contribution in [2.24, 2.45) is 0 Å². The number of para-hydroxylation sites is 2. The van der Waals surface area contributed by atoms with Gasteiger partial charge in [-0.1, -0.05) is 29.8 Å². The Morgan fingerprint density at radius 2 is 1.97 bits per heavy atom. The molecule has 2 N–H and O–H groups in total. The molecule has 0 fully saturated rings. The Bertz CT molecular complexity index is 1230. The van der Waals surface area contributed by atoms with Gasteiger partial charge in [-0.2, -0.15) is 0 Å². The number of benzene rings is 2. The Balaban J connectivity index is 1.58. The molecule has 0 amide bonds. The minimum atomic E-state index is 0.601. The second kappa shape index (κ2) is 10.0. The number of thiocarbonyl (C=S) groups is 1. The van der Waals surface area contributed by atoms with E-state index in [4.69, 9.17) is 28.6 Å². The summed E-state index contributed by atoms with van der Waals surface area (Å²) in [6.45, 7) is 3.42. The third kappa shape index (κ3) is 5.03. The number of hydrogen-bond acceptors (Lipinski definition) is 3. The zero-order chi connectivity index (χ0) is 22.5. The van der Waals surface area contributed by atoms with Crippen molar-refractivity contribution in [1.29, 1.82) is 0 Å². The number of aromatic amines is 1. The number of methoxy groups -OCH3 is 1. The molecule has 2 heterocycles. The Labute approximate surface area is 198 Å². The SMILES string of the molecule is COc1ccccc1NC(=S)N(CCc1c(C)[nH]c2ccc(Cl)cc12)Cc1ccccn1. The fourth-order valence-corrected chi connectivity index (χ4v) is 4.24. The maximum atomic E-state index is 6.26. The minimum Gasteiger partial charge on any atom is -0.495 e. The highest BCUT2D eigenvalue weighted by atomic mass is 35.5. The lowest BCUT2D eigenvalue weighted by Gasteiger charge is -2.26. The van der Waals surface area contributed by atoms with E-state index in [0.29, 0.717) is 11.7 Å². The van der Waals surface area contributed by atoms with Crippen LogP contribution >= 0.6 is 23.8 Å². The Kier molecular flexibility index (Phi) is 6.93. The van der Waals surface area contributed by atoms with E-state index in [2.05, 4.69) is 27.1 Å². The van der Waals surface area contributed by atoms with Gasteiger partial charge in [0.1, 0.15) is 5.75 Å². The average Bonchev–Trinajstić information content (AvgIpc) is 3.11. The van der Waals surface area contributed by atoms with Crippen LogP contribution in [0.15, 0.2) is 66.9 Å². The van der Waals surface area contributed by atoms with Crippen LogP contribution in [-0.2, 0) is 13.0 Å². The minimum absolute atomic E-state index is 0.601. The van der Waals surface area contributed by atoms with E-state index in [-0.39, 0.29) is 0 Å². The van der Waals surface area contributed by atoms with Crippen LogP contribution in [0.4, 0.5) is 5.69 Å². The highest BCUT2D eigenvalue weighted by Gasteiger charge is 2.16. The summed E-state index contributed by atoms with van der Waals surface area (Å²) in [5.74, 6) is 0.745. The molecule has 5 nitrogen and oxygen atoms in total. The number of nitrogens with one attached hydrogen (secondary N) is 2. The molecular weight excluding hydrogens is 440 g/mol. The molecule has 0 saturated heterocycles. The van der Waals surface area contributed by atoms with E-state index in [9.17, 15) is 0 Å². The van der Waals surface area contributed by atoms with Gasteiger partial charge in [0.15, 0.2) is 5.11 Å². The van der Waals surface area contributed by atoms with Gasteiger partial charge < -0.3 is 19.9 Å². The number of rotatable bonds is 7. The monoisotopic (exact) mass is 464 g/mol. The third-order valence-electron chi connectivity index (χ3n) is 5.43. The normalized spacial score (nSPS) is 10.8. The number of fused-ring (bicyclic) bond motifs is 1. The lowest BCUT2D eigenvalue weighted by atomic mass is 10.1. The molecule has 0 spiro atoms. The predicted molar refractivity (Wildman–Crippen MR) is 136 cm³/mol. The van der Waals surface area contributed by atoms with E-state index in [1.54, 1.807) is 13.3 Å². The first-order chi connectivity index (χ1) is 15.5. The number of halogens is 1. The number of pyridine rings is 1. The standard InChI is InChI=1S/C25H25ClN4OS/c1-17-20(21-15-18(26)10-11-22(21)28-17)12-14-30(16-19-7-5-6-13-27-19)25(32)29-23-8-3-4-9-24(23)31-2/h3-11,13,15,28H,12,14,16H2,1-2H3,(H,29,32). The number of hydrogen-bond donors (Lipinski definition) is 2. The van der Waals surface area contributed by atoms with Gasteiger partial charge in [0.25, 0.3) is 0 Å². The summed E-state index contributed by atoms with van der Waals surface area (Å²) in [5, 5.41) is 5.85. The van der Waals surface area contributed by atoms with Crippen molar-refractivity contribution in [1.82, 2.24) is 14.9 Å². The summed E-state index contributed by atoms with van der Waals surface area (Å²) < 4.78 is 5.47. The van der Waals surface area contributed by atoms with Crippen molar-refractivity contribution in [2.75, 3.05) is 19.0 Å². The Hall–Kier alpha value is -3.09. The van der Waals surface area contributed by atoms with Crippen LogP contribution in [0.2, 0.25) is 5.02 Å². The van der Waals surface area contributed by atoms with Crippen molar-refractivity contribution >= 4 is 45.5 Å². The largest absolute Gasteiger partial charge is 0.495 e. The zero-order valence-corrected chi connectivity index (χ0v) is 19.6. The molecule has 0 radical (unpaired) electrons. The Morgan fingerprint density at radius 1 is 1.16 bits per heavy atom. The summed E-state index contributed by atoms with van der Waals surface area (Å²) >= 11 is 12.1. The van der Waals surface area contributed by atoms with Crippen molar-refractivity contribution in [3.05, 3.63) is 88.8 Å². The van der Waals surface area contributed by atoms with Gasteiger partial charge in [-0.3, -0.25) is 4.98 Å². The molecule has 0 bridgehead atoms. The van der Waals surface area contributed by atoms with E-state index in [1.807, 2.05) is 60.7 Å². The molecule has 7 heteroatoms. The number of ether oxygens (including phenoxy) is 1. The fourth-order valence-electron chi connectivity index (χ4n) is 3.81. The first-order valence-corrected chi connectivity index (χ1v) is 11.2. The summed E-state index contributed by atoms with van der Waals surface area (Å²) in [6, 6.07) is 19.6. The lowest BCUT2D eigenvalue weighted by molar-refractivity contribution is 0.412. The molecule has 2 aromatic carbocycles. The Morgan fingerprint density at radius 3 is 2.75 bits per heavy atom. The fraction of sp³-hybridized carbons (Fsp3) is 0.200. The molecule has 0 saturated carbocycles. The highest BCUT2D eigenvalue weighted by molar-refractivity contribution is 7.80. The zero-order valence-electron chi connectivity index (χ0n) is 18.1. The second-order valence-corrected chi connectivity index (χ2v) is 8.36. The molecule has 2 aromatic heterocycles. The average molecular weight is 465 g/mol. The molecular formula is C25H25ClN4OS. The van der Waals surface area contributed by atoms with Crippen molar-refractivity contribution in [2.45, 2.75) is 19.9 Å². The summed E-state index contributed by atoms with van der Waals surface area (Å²) in [7, 11) is 1.65. The molecule has 32 heavy (non-hydrogen) atoms. The molecule has 0 atom stereocenters. The summed E-state index contributed by atoms with van der Waals surface area (Å²) in [6.07, 6.45) is 2.61. The van der Waals surface area contributed by atoms with E-state index in [0.717, 1.165) is 51.7 Å². The molecule has 4 aromatic rings. The van der Waals surface area contributed by atoms with Crippen LogP contribution in [0.25, 0.3) is 10.9 Å². The topological polar surface area (TPSA) is 53.2 Å². The van der Waals surface area contributed by atoms with Crippen molar-refractivity contribution in [3.63, 3.8) is 0 Å². The van der Waals surface area contributed by atoms with Crippen molar-refractivity contribution in [3.8, 4) is 5.75 Å². The van der Waals surface area contributed by atoms with Gasteiger partial charge >= 0.3 is 0 Å². The molecule has 0 aliphatic rings. The molecule has 0 aliphatic carbocycles. The number of aryl methyl sites for hydroxylation is 1. The first-order valence-electron chi connectivity index (χ1n) is 10.4. The quantitative estimate of drug-likeness (QED) is 0.330.